The highest BCUT2D eigenvalue weighted by Gasteiger charge is 2.26. The van der Waals surface area contributed by atoms with E-state index in [1.54, 1.807) is 26.5 Å². The molecule has 2 heterocycles. The van der Waals surface area contributed by atoms with Crippen LogP contribution in [0.5, 0.6) is 11.5 Å². The Morgan fingerprint density at radius 1 is 1.15 bits per heavy atom. The van der Waals surface area contributed by atoms with E-state index in [0.717, 1.165) is 35.6 Å². The zero-order valence-electron chi connectivity index (χ0n) is 15.8. The van der Waals surface area contributed by atoms with Gasteiger partial charge in [0.2, 0.25) is 5.82 Å². The Kier molecular flexibility index (Phi) is 5.63. The monoisotopic (exact) mass is 372 g/mol. The highest BCUT2D eigenvalue weighted by Crippen LogP contribution is 2.31. The highest BCUT2D eigenvalue weighted by atomic mass is 16.6. The van der Waals surface area contributed by atoms with Gasteiger partial charge in [-0.1, -0.05) is 0 Å². The Morgan fingerprint density at radius 2 is 1.78 bits per heavy atom. The zero-order chi connectivity index (χ0) is 19.4. The van der Waals surface area contributed by atoms with E-state index in [1.807, 2.05) is 30.0 Å². The van der Waals surface area contributed by atoms with Gasteiger partial charge in [-0.25, -0.2) is 4.98 Å². The quantitative estimate of drug-likeness (QED) is 0.614. The number of aryl methyl sites for hydroxylation is 1. The molecule has 0 atom stereocenters. The number of anilines is 2. The first-order valence-electron chi connectivity index (χ1n) is 8.85. The highest BCUT2D eigenvalue weighted by molar-refractivity contribution is 5.59. The largest absolute Gasteiger partial charge is 0.497 e. The molecule has 2 aromatic rings. The first kappa shape index (κ1) is 18.8. The van der Waals surface area contributed by atoms with E-state index in [0.29, 0.717) is 18.9 Å². The van der Waals surface area contributed by atoms with E-state index in [4.69, 9.17) is 9.47 Å². The lowest BCUT2D eigenvalue weighted by molar-refractivity contribution is -0.384. The van der Waals surface area contributed by atoms with Gasteiger partial charge in [0.25, 0.3) is 0 Å². The molecule has 0 unspecified atom stereocenters. The van der Waals surface area contributed by atoms with E-state index in [2.05, 4.69) is 10.3 Å². The van der Waals surface area contributed by atoms with Crippen LogP contribution in [0, 0.1) is 17.0 Å². The van der Waals surface area contributed by atoms with Crippen LogP contribution < -0.4 is 19.7 Å². The predicted molar refractivity (Wildman–Crippen MR) is 104 cm³/mol. The lowest BCUT2D eigenvalue weighted by Gasteiger charge is -2.33. The van der Waals surface area contributed by atoms with Crippen molar-refractivity contribution in [1.29, 1.82) is 0 Å². The fraction of sp³-hybridized carbons (Fsp3) is 0.421. The number of aromatic nitrogens is 1. The number of rotatable bonds is 6. The summed E-state index contributed by atoms with van der Waals surface area (Å²) >= 11 is 0. The van der Waals surface area contributed by atoms with Gasteiger partial charge in [0.1, 0.15) is 11.5 Å². The topological polar surface area (TPSA) is 89.8 Å². The molecular weight excluding hydrogens is 348 g/mol. The molecule has 0 radical (unpaired) electrons. The van der Waals surface area contributed by atoms with Crippen LogP contribution in [-0.4, -0.2) is 43.3 Å². The second-order valence-corrected chi connectivity index (χ2v) is 6.62. The second-order valence-electron chi connectivity index (χ2n) is 6.62. The summed E-state index contributed by atoms with van der Waals surface area (Å²) in [6.45, 7) is 3.22. The molecular formula is C19H24N4O4. The maximum absolute atomic E-state index is 11.3. The molecule has 0 saturated carbocycles. The van der Waals surface area contributed by atoms with E-state index < -0.39 is 0 Å². The Hall–Kier alpha value is -3.03. The van der Waals surface area contributed by atoms with Gasteiger partial charge in [0.05, 0.1) is 19.1 Å². The zero-order valence-corrected chi connectivity index (χ0v) is 15.8. The van der Waals surface area contributed by atoms with Gasteiger partial charge in [-0.15, -0.1) is 0 Å². The smallest absolute Gasteiger partial charge is 0.311 e. The predicted octanol–water partition coefficient (Wildman–Crippen LogP) is 3.40. The van der Waals surface area contributed by atoms with Crippen LogP contribution in [0.3, 0.4) is 0 Å². The molecule has 0 amide bonds. The third-order valence-electron chi connectivity index (χ3n) is 4.70. The van der Waals surface area contributed by atoms with Crippen LogP contribution in [0.25, 0.3) is 0 Å². The maximum Gasteiger partial charge on any atom is 0.311 e. The number of nitrogens with zero attached hydrogens (tertiary/aromatic N) is 3. The minimum absolute atomic E-state index is 0.0685. The number of nitrogens with one attached hydrogen (secondary N) is 1. The number of hydrogen-bond donors (Lipinski definition) is 1. The van der Waals surface area contributed by atoms with Crippen LogP contribution in [0.2, 0.25) is 0 Å². The van der Waals surface area contributed by atoms with E-state index >= 15 is 0 Å². The van der Waals surface area contributed by atoms with Crippen molar-refractivity contribution in [1.82, 2.24) is 4.98 Å². The molecule has 144 valence electrons. The molecule has 0 bridgehead atoms. The van der Waals surface area contributed by atoms with Gasteiger partial charge >= 0.3 is 5.69 Å². The van der Waals surface area contributed by atoms with Crippen molar-refractivity contribution in [3.63, 3.8) is 0 Å². The minimum atomic E-state index is -0.359. The lowest BCUT2D eigenvalue weighted by atomic mass is 10.0. The summed E-state index contributed by atoms with van der Waals surface area (Å²) in [5, 5.41) is 14.9. The molecule has 1 aromatic heterocycles. The molecule has 1 aliphatic rings. The Bertz CT molecular complexity index is 797. The van der Waals surface area contributed by atoms with Crippen molar-refractivity contribution in [3.05, 3.63) is 46.1 Å². The summed E-state index contributed by atoms with van der Waals surface area (Å²) in [6, 6.07) is 7.54. The second kappa shape index (κ2) is 8.11. The molecule has 8 nitrogen and oxygen atoms in total. The Labute approximate surface area is 158 Å². The molecule has 1 N–H and O–H groups in total. The number of nitro groups is 1. The average molecular weight is 372 g/mol. The van der Waals surface area contributed by atoms with Crippen molar-refractivity contribution in [3.8, 4) is 11.5 Å². The van der Waals surface area contributed by atoms with Gasteiger partial charge in [-0.3, -0.25) is 10.1 Å². The molecule has 0 spiro atoms. The molecule has 1 aromatic carbocycles. The summed E-state index contributed by atoms with van der Waals surface area (Å²) in [6.07, 6.45) is 3.38. The fourth-order valence-electron chi connectivity index (χ4n) is 3.29. The van der Waals surface area contributed by atoms with Crippen molar-refractivity contribution < 1.29 is 14.4 Å². The van der Waals surface area contributed by atoms with E-state index in [1.165, 1.54) is 0 Å². The summed E-state index contributed by atoms with van der Waals surface area (Å²) < 4.78 is 10.6. The van der Waals surface area contributed by atoms with Gasteiger partial charge in [0.15, 0.2) is 0 Å². The molecule has 0 aliphatic carbocycles. The summed E-state index contributed by atoms with van der Waals surface area (Å²) in [5.74, 6) is 1.91. The summed E-state index contributed by atoms with van der Waals surface area (Å²) in [4.78, 5) is 17.3. The first-order chi connectivity index (χ1) is 13.0. The minimum Gasteiger partial charge on any atom is -0.497 e. The number of hydrogen-bond acceptors (Lipinski definition) is 7. The normalized spacial score (nSPS) is 14.7. The van der Waals surface area contributed by atoms with Gasteiger partial charge in [0, 0.05) is 55.3 Å². The third kappa shape index (κ3) is 4.39. The number of methoxy groups -OCH3 is 2. The number of piperidine rings is 1. The SMILES string of the molecule is COc1cc(NC2CCN(c3ncc(C)cc3[N+](=O)[O-])CC2)cc(OC)c1. The van der Waals surface area contributed by atoms with Gasteiger partial charge < -0.3 is 19.7 Å². The number of ether oxygens (including phenoxy) is 2. The van der Waals surface area contributed by atoms with Crippen molar-refractivity contribution in [2.45, 2.75) is 25.8 Å². The number of pyridine rings is 1. The maximum atomic E-state index is 11.3. The average Bonchev–Trinajstić information content (AvgIpc) is 2.68. The molecule has 1 fully saturated rings. The third-order valence-corrected chi connectivity index (χ3v) is 4.70. The molecule has 1 saturated heterocycles. The molecule has 27 heavy (non-hydrogen) atoms. The molecule has 8 heteroatoms. The molecule has 1 aliphatic heterocycles. The Morgan fingerprint density at radius 3 is 2.33 bits per heavy atom. The van der Waals surface area contributed by atoms with Crippen molar-refractivity contribution in [2.75, 3.05) is 37.5 Å². The van der Waals surface area contributed by atoms with Crippen LogP contribution in [-0.2, 0) is 0 Å². The standard InChI is InChI=1S/C19H24N4O4/c1-13-8-18(23(24)25)19(20-12-13)22-6-4-14(5-7-22)21-15-9-16(26-2)11-17(10-15)27-3/h8-12,14,21H,4-7H2,1-3H3. The summed E-state index contributed by atoms with van der Waals surface area (Å²) in [5.41, 5.74) is 1.79. The summed E-state index contributed by atoms with van der Waals surface area (Å²) in [7, 11) is 3.25. The van der Waals surface area contributed by atoms with E-state index in [-0.39, 0.29) is 16.7 Å². The first-order valence-corrected chi connectivity index (χ1v) is 8.85. The van der Waals surface area contributed by atoms with Crippen LogP contribution in [0.1, 0.15) is 18.4 Å². The Balaban J connectivity index is 1.67. The molecule has 3 rings (SSSR count). The van der Waals surface area contributed by atoms with Gasteiger partial charge in [-0.2, -0.15) is 0 Å². The van der Waals surface area contributed by atoms with E-state index in [9.17, 15) is 10.1 Å². The number of benzene rings is 1. The lowest BCUT2D eigenvalue weighted by Crippen LogP contribution is -2.39. The van der Waals surface area contributed by atoms with Crippen molar-refractivity contribution in [2.24, 2.45) is 0 Å². The van der Waals surface area contributed by atoms with Crippen LogP contribution >= 0.6 is 0 Å². The van der Waals surface area contributed by atoms with Crippen LogP contribution in [0.15, 0.2) is 30.5 Å². The van der Waals surface area contributed by atoms with Crippen LogP contribution in [0.4, 0.5) is 17.2 Å². The van der Waals surface area contributed by atoms with Crippen molar-refractivity contribution >= 4 is 17.2 Å². The van der Waals surface area contributed by atoms with Gasteiger partial charge in [-0.05, 0) is 25.3 Å². The fourth-order valence-corrected chi connectivity index (χ4v) is 3.29.